The third kappa shape index (κ3) is 6.50. The lowest BCUT2D eigenvalue weighted by Crippen LogP contribution is -2.11. The van der Waals surface area contributed by atoms with Gasteiger partial charge in [-0.05, 0) is 6.26 Å². The monoisotopic (exact) mass is 433 g/mol. The lowest BCUT2D eigenvalue weighted by molar-refractivity contribution is -0.129. The van der Waals surface area contributed by atoms with Crippen LogP contribution >= 0.6 is 31.3 Å². The highest BCUT2D eigenvalue weighted by Crippen LogP contribution is 2.33. The fraction of sp³-hybridized carbons (Fsp3) is 0.545. The maximum absolute atomic E-state index is 12.3. The molecule has 9 nitrogen and oxygen atoms in total. The molecule has 2 rings (SSSR count). The number of halogens is 3. The molecule has 0 saturated heterocycles. The van der Waals surface area contributed by atoms with Gasteiger partial charge in [-0.1, -0.05) is 11.8 Å². The van der Waals surface area contributed by atoms with Gasteiger partial charge in [0.25, 0.3) is 0 Å². The summed E-state index contributed by atoms with van der Waals surface area (Å²) in [6.07, 6.45) is -2.42. The first-order valence-electron chi connectivity index (χ1n) is 7.02. The van der Waals surface area contributed by atoms with Gasteiger partial charge in [-0.15, -0.1) is 4.73 Å². The molecule has 2 heterocycles. The number of phosphoric acid groups is 1. The van der Waals surface area contributed by atoms with E-state index in [1.165, 1.54) is 0 Å². The average molecular weight is 433 g/mol. The van der Waals surface area contributed by atoms with Crippen LogP contribution in [0.5, 0.6) is 0 Å². The molecule has 0 aliphatic carbocycles. The molecule has 0 unspecified atom stereocenters. The molecule has 146 valence electrons. The van der Waals surface area contributed by atoms with Gasteiger partial charge in [-0.2, -0.15) is 29.9 Å². The maximum atomic E-state index is 12.3. The van der Waals surface area contributed by atoms with Crippen molar-refractivity contribution in [3.05, 3.63) is 6.33 Å². The summed E-state index contributed by atoms with van der Waals surface area (Å²) in [6, 6.07) is 0. The van der Waals surface area contributed by atoms with E-state index in [0.717, 1.165) is 23.8 Å². The number of rotatable bonds is 9. The second-order valence-electron chi connectivity index (χ2n) is 4.80. The molecule has 0 radical (unpaired) electrons. The minimum atomic E-state index is -4.88. The first-order chi connectivity index (χ1) is 12.1. The van der Waals surface area contributed by atoms with Crippen molar-refractivity contribution in [2.24, 2.45) is 0 Å². The highest BCUT2D eigenvalue weighted by Gasteiger charge is 2.27. The van der Waals surface area contributed by atoms with Gasteiger partial charge >= 0.3 is 14.0 Å². The molecule has 3 N–H and O–H groups in total. The molecule has 2 aromatic heterocycles. The van der Waals surface area contributed by atoms with E-state index in [2.05, 4.69) is 24.9 Å². The van der Waals surface area contributed by atoms with E-state index in [1.807, 2.05) is 6.26 Å². The number of nitrogens with one attached hydrogen (secondary N) is 1. The zero-order chi connectivity index (χ0) is 19.4. The molecular weight excluding hydrogens is 418 g/mol. The van der Waals surface area contributed by atoms with Crippen LogP contribution in [-0.4, -0.2) is 60.0 Å². The van der Waals surface area contributed by atoms with E-state index in [0.29, 0.717) is 11.3 Å². The Balaban J connectivity index is 2.32. The number of hydrogen-bond donors (Lipinski definition) is 3. The topological polar surface area (TPSA) is 122 Å². The second-order valence-corrected chi connectivity index (χ2v) is 7.99. The lowest BCUT2D eigenvalue weighted by atomic mass is 10.5. The van der Waals surface area contributed by atoms with E-state index in [-0.39, 0.29) is 27.9 Å². The second kappa shape index (κ2) is 8.65. The van der Waals surface area contributed by atoms with Crippen LogP contribution in [0.2, 0.25) is 0 Å². The van der Waals surface area contributed by atoms with Crippen molar-refractivity contribution in [1.82, 2.24) is 19.7 Å². The largest absolute Gasteiger partial charge is 0.543 e. The van der Waals surface area contributed by atoms with E-state index >= 15 is 0 Å². The van der Waals surface area contributed by atoms with Crippen LogP contribution < -0.4 is 9.94 Å². The molecule has 0 aliphatic rings. The smallest absolute Gasteiger partial charge is 0.367 e. The number of anilines is 1. The molecule has 0 saturated carbocycles. The van der Waals surface area contributed by atoms with Gasteiger partial charge in [0.1, 0.15) is 6.33 Å². The van der Waals surface area contributed by atoms with Gasteiger partial charge in [-0.3, -0.25) is 9.79 Å². The molecule has 0 amide bonds. The minimum Gasteiger partial charge on any atom is -0.367 e. The van der Waals surface area contributed by atoms with E-state index in [9.17, 15) is 17.7 Å². The van der Waals surface area contributed by atoms with Crippen LogP contribution in [0.25, 0.3) is 11.2 Å². The zero-order valence-electron chi connectivity index (χ0n) is 13.3. The Morgan fingerprint density at radius 2 is 2.08 bits per heavy atom. The number of imidazole rings is 1. The van der Waals surface area contributed by atoms with Crippen molar-refractivity contribution in [2.45, 2.75) is 17.8 Å². The van der Waals surface area contributed by atoms with Gasteiger partial charge in [-0.25, -0.2) is 14.5 Å². The van der Waals surface area contributed by atoms with Gasteiger partial charge in [0, 0.05) is 18.1 Å². The molecule has 15 heteroatoms. The van der Waals surface area contributed by atoms with E-state index in [1.54, 1.807) is 11.8 Å². The molecule has 2 aromatic rings. The molecule has 0 fully saturated rings. The lowest BCUT2D eigenvalue weighted by Gasteiger charge is -2.10. The molecule has 0 aliphatic heterocycles. The fourth-order valence-corrected chi connectivity index (χ4v) is 3.23. The molecule has 0 bridgehead atoms. The Labute approximate surface area is 154 Å². The van der Waals surface area contributed by atoms with Crippen molar-refractivity contribution in [1.29, 1.82) is 0 Å². The predicted molar refractivity (Wildman–Crippen MR) is 92.2 cm³/mol. The summed E-state index contributed by atoms with van der Waals surface area (Å²) in [7, 11) is -4.88. The summed E-state index contributed by atoms with van der Waals surface area (Å²) in [5.41, 5.74) is 0.115. The highest BCUT2D eigenvalue weighted by molar-refractivity contribution is 7.99. The van der Waals surface area contributed by atoms with Crippen molar-refractivity contribution < 1.29 is 32.1 Å². The van der Waals surface area contributed by atoms with Crippen molar-refractivity contribution in [3.63, 3.8) is 0 Å². The predicted octanol–water partition coefficient (Wildman–Crippen LogP) is 2.17. The number of alkyl halides is 3. The third-order valence-corrected chi connectivity index (χ3v) is 4.61. The van der Waals surface area contributed by atoms with Crippen LogP contribution in [0, 0.1) is 0 Å². The Bertz CT molecular complexity index is 800. The van der Waals surface area contributed by atoms with Gasteiger partial charge in [0.05, 0.1) is 6.42 Å². The number of nitrogens with zero attached hydrogens (tertiary/aromatic N) is 4. The van der Waals surface area contributed by atoms with Crippen LogP contribution in [0.4, 0.5) is 19.0 Å². The van der Waals surface area contributed by atoms with Gasteiger partial charge in [0.15, 0.2) is 16.5 Å². The zero-order valence-corrected chi connectivity index (χ0v) is 15.8. The molecular formula is C11H15F3N5O4PS2. The Morgan fingerprint density at radius 1 is 1.35 bits per heavy atom. The van der Waals surface area contributed by atoms with E-state index < -0.39 is 20.4 Å². The molecule has 26 heavy (non-hydrogen) atoms. The van der Waals surface area contributed by atoms with Crippen molar-refractivity contribution in [3.8, 4) is 0 Å². The van der Waals surface area contributed by atoms with Crippen LogP contribution in [0.15, 0.2) is 11.5 Å². The first kappa shape index (κ1) is 21.1. The SMILES string of the molecule is CSCCNc1nc(SCCC(F)(F)F)nc2c1ncn2OP(=O)(O)O. The third-order valence-electron chi connectivity index (χ3n) is 2.76. The number of thioether (sulfide) groups is 2. The maximum Gasteiger partial charge on any atom is 0.543 e. The Morgan fingerprint density at radius 3 is 2.69 bits per heavy atom. The Hall–Kier alpha value is -1.21. The summed E-state index contributed by atoms with van der Waals surface area (Å²) in [4.78, 5) is 30.0. The fourth-order valence-electron chi connectivity index (χ4n) is 1.75. The Kier molecular flexibility index (Phi) is 7.02. The van der Waals surface area contributed by atoms with Crippen LogP contribution in [0.1, 0.15) is 6.42 Å². The van der Waals surface area contributed by atoms with Gasteiger partial charge < -0.3 is 9.94 Å². The average Bonchev–Trinajstić information content (AvgIpc) is 2.87. The van der Waals surface area contributed by atoms with Crippen LogP contribution in [-0.2, 0) is 4.57 Å². The first-order valence-corrected chi connectivity index (χ1v) is 10.9. The summed E-state index contributed by atoms with van der Waals surface area (Å²) < 4.78 is 53.1. The van der Waals surface area contributed by atoms with Crippen molar-refractivity contribution >= 4 is 48.3 Å². The number of fused-ring (bicyclic) bond motifs is 1. The standard InChI is InChI=1S/C11H15F3N5O4PS2/c1-25-5-3-15-8-7-9(19(6-16-7)23-24(20,21)22)18-10(17-8)26-4-2-11(12,13)14/h6H,2-5H2,1H3,(H,15,17,18)(H2,20,21,22). The normalized spacial score (nSPS) is 12.5. The minimum absolute atomic E-state index is 0.00413. The molecule has 0 atom stereocenters. The summed E-state index contributed by atoms with van der Waals surface area (Å²) in [6.45, 7) is 0.506. The quantitative estimate of drug-likeness (QED) is 0.235. The number of aromatic nitrogens is 4. The molecule has 0 aromatic carbocycles. The van der Waals surface area contributed by atoms with E-state index in [4.69, 9.17) is 9.79 Å². The number of hydrogen-bond acceptors (Lipinski definition) is 8. The summed E-state index contributed by atoms with van der Waals surface area (Å²) in [5, 5.41) is 2.98. The summed E-state index contributed by atoms with van der Waals surface area (Å²) >= 11 is 2.34. The van der Waals surface area contributed by atoms with Gasteiger partial charge in [0.2, 0.25) is 5.65 Å². The van der Waals surface area contributed by atoms with Crippen molar-refractivity contribution in [2.75, 3.05) is 29.6 Å². The summed E-state index contributed by atoms with van der Waals surface area (Å²) in [5.74, 6) is 0.681. The highest BCUT2D eigenvalue weighted by atomic mass is 32.2. The van der Waals surface area contributed by atoms with Crippen LogP contribution in [0.3, 0.4) is 0 Å². The molecule has 0 spiro atoms.